The predicted octanol–water partition coefficient (Wildman–Crippen LogP) is 3.15. The highest BCUT2D eigenvalue weighted by atomic mass is 28.3. The third-order valence-electron chi connectivity index (χ3n) is 2.36. The zero-order valence-corrected chi connectivity index (χ0v) is 10.9. The van der Waals surface area contributed by atoms with E-state index in [2.05, 4.69) is 50.7 Å². The maximum Gasteiger partial charge on any atom is 0.0725 e. The van der Waals surface area contributed by atoms with Gasteiger partial charge in [-0.05, 0) is 39.5 Å². The van der Waals surface area contributed by atoms with Gasteiger partial charge in [-0.15, -0.1) is 0 Å². The second-order valence-electron chi connectivity index (χ2n) is 4.54. The Labute approximate surface area is 84.8 Å². The van der Waals surface area contributed by atoms with Crippen molar-refractivity contribution in [2.75, 3.05) is 20.1 Å². The Hall–Kier alpha value is -0.0831. The summed E-state index contributed by atoms with van der Waals surface area (Å²) in [6, 6.07) is 1.38. The molecule has 1 nitrogen and oxygen atoms in total. The largest absolute Gasteiger partial charge is 0.307 e. The molecule has 0 N–H and O–H groups in total. The van der Waals surface area contributed by atoms with Crippen LogP contribution in [0.25, 0.3) is 0 Å². The molecule has 0 heterocycles. The average molecular weight is 199 g/mol. The van der Waals surface area contributed by atoms with Gasteiger partial charge in [0.1, 0.15) is 0 Å². The van der Waals surface area contributed by atoms with Crippen LogP contribution in [0.1, 0.15) is 20.3 Å². The summed E-state index contributed by atoms with van der Waals surface area (Å²) in [7, 11) is 1.21. The third kappa shape index (κ3) is 7.02. The highest BCUT2D eigenvalue weighted by Gasteiger charge is 2.16. The van der Waals surface area contributed by atoms with E-state index < -0.39 is 8.07 Å². The first-order chi connectivity index (χ1) is 6.02. The lowest BCUT2D eigenvalue weighted by Crippen LogP contribution is -2.30. The smallest absolute Gasteiger partial charge is 0.0725 e. The Morgan fingerprint density at radius 2 is 1.85 bits per heavy atom. The first-order valence-corrected chi connectivity index (χ1v) is 8.62. The van der Waals surface area contributed by atoms with Crippen LogP contribution in [0.15, 0.2) is 11.8 Å². The van der Waals surface area contributed by atoms with Gasteiger partial charge in [0, 0.05) is 0 Å². The quantitative estimate of drug-likeness (QED) is 0.594. The SMILES string of the molecule is C/C=C\[Si](C)(C)CCN(C)CCC. The van der Waals surface area contributed by atoms with Gasteiger partial charge in [0.25, 0.3) is 0 Å². The second kappa shape index (κ2) is 6.38. The van der Waals surface area contributed by atoms with Crippen molar-refractivity contribution >= 4 is 8.07 Å². The van der Waals surface area contributed by atoms with Gasteiger partial charge in [0.2, 0.25) is 0 Å². The zero-order valence-electron chi connectivity index (χ0n) is 9.93. The van der Waals surface area contributed by atoms with Crippen LogP contribution in [-0.2, 0) is 0 Å². The maximum absolute atomic E-state index is 2.44. The molecular formula is C11H25NSi. The predicted molar refractivity (Wildman–Crippen MR) is 64.9 cm³/mol. The van der Waals surface area contributed by atoms with Crippen LogP contribution in [0.3, 0.4) is 0 Å². The van der Waals surface area contributed by atoms with E-state index in [1.54, 1.807) is 0 Å². The highest BCUT2D eigenvalue weighted by Crippen LogP contribution is 2.11. The molecule has 0 aliphatic rings. The molecule has 0 amide bonds. The Morgan fingerprint density at radius 3 is 2.31 bits per heavy atom. The van der Waals surface area contributed by atoms with Gasteiger partial charge in [-0.1, -0.05) is 31.8 Å². The van der Waals surface area contributed by atoms with E-state index in [4.69, 9.17) is 0 Å². The van der Waals surface area contributed by atoms with E-state index in [0.717, 1.165) is 0 Å². The van der Waals surface area contributed by atoms with Gasteiger partial charge in [-0.3, -0.25) is 0 Å². The first kappa shape index (κ1) is 12.9. The normalized spacial score (nSPS) is 13.1. The number of nitrogens with zero attached hydrogens (tertiary/aromatic N) is 1. The minimum absolute atomic E-state index is 1.02. The van der Waals surface area contributed by atoms with Crippen LogP contribution in [0, 0.1) is 0 Å². The molecule has 0 bridgehead atoms. The molecule has 0 aromatic rings. The van der Waals surface area contributed by atoms with Crippen LogP contribution in [0.5, 0.6) is 0 Å². The Bertz CT molecular complexity index is 152. The third-order valence-corrected chi connectivity index (χ3v) is 5.11. The molecule has 0 fully saturated rings. The Balaban J connectivity index is 3.73. The maximum atomic E-state index is 2.44. The number of hydrogen-bond acceptors (Lipinski definition) is 1. The fourth-order valence-electron chi connectivity index (χ4n) is 1.51. The van der Waals surface area contributed by atoms with Gasteiger partial charge in [0.15, 0.2) is 0 Å². The van der Waals surface area contributed by atoms with Crippen LogP contribution < -0.4 is 0 Å². The van der Waals surface area contributed by atoms with Crippen LogP contribution >= 0.6 is 0 Å². The van der Waals surface area contributed by atoms with Crippen molar-refractivity contribution in [3.8, 4) is 0 Å². The molecule has 13 heavy (non-hydrogen) atoms. The van der Waals surface area contributed by atoms with Crippen LogP contribution in [0.2, 0.25) is 19.1 Å². The van der Waals surface area contributed by atoms with E-state index in [1.165, 1.54) is 25.6 Å². The Morgan fingerprint density at radius 1 is 1.23 bits per heavy atom. The number of hydrogen-bond donors (Lipinski definition) is 0. The standard InChI is InChI=1S/C11H25NSi/c1-6-8-12(3)9-11-13(4,5)10-7-2/h7,10H,6,8-9,11H2,1-5H3/b10-7-. The molecule has 0 aliphatic carbocycles. The summed E-state index contributed by atoms with van der Waals surface area (Å²) in [5.74, 6) is 0. The summed E-state index contributed by atoms with van der Waals surface area (Å²) < 4.78 is 0. The van der Waals surface area contributed by atoms with Crippen molar-refractivity contribution < 1.29 is 0 Å². The minimum Gasteiger partial charge on any atom is -0.307 e. The molecule has 0 atom stereocenters. The molecule has 0 aromatic carbocycles. The minimum atomic E-state index is -1.02. The van der Waals surface area contributed by atoms with E-state index in [0.29, 0.717) is 0 Å². The van der Waals surface area contributed by atoms with Gasteiger partial charge in [-0.2, -0.15) is 0 Å². The Kier molecular flexibility index (Phi) is 6.34. The van der Waals surface area contributed by atoms with Crippen molar-refractivity contribution in [1.29, 1.82) is 0 Å². The van der Waals surface area contributed by atoms with Gasteiger partial charge < -0.3 is 4.90 Å². The van der Waals surface area contributed by atoms with Gasteiger partial charge >= 0.3 is 0 Å². The molecule has 0 saturated carbocycles. The summed E-state index contributed by atoms with van der Waals surface area (Å²) in [6.45, 7) is 11.7. The van der Waals surface area contributed by atoms with E-state index in [-0.39, 0.29) is 0 Å². The van der Waals surface area contributed by atoms with Crippen LogP contribution in [-0.4, -0.2) is 33.1 Å². The fourth-order valence-corrected chi connectivity index (χ4v) is 3.53. The van der Waals surface area contributed by atoms with E-state index in [1.807, 2.05) is 0 Å². The molecule has 0 saturated heterocycles. The lowest BCUT2D eigenvalue weighted by Gasteiger charge is -2.22. The molecule has 0 radical (unpaired) electrons. The lowest BCUT2D eigenvalue weighted by molar-refractivity contribution is 0.352. The fraction of sp³-hybridized carbons (Fsp3) is 0.818. The summed E-state index contributed by atoms with van der Waals surface area (Å²) in [5, 5.41) is 0. The molecule has 0 aliphatic heterocycles. The number of rotatable bonds is 6. The molecule has 0 rings (SSSR count). The van der Waals surface area contributed by atoms with Crippen molar-refractivity contribution in [3.63, 3.8) is 0 Å². The lowest BCUT2D eigenvalue weighted by atomic mass is 10.4. The molecular weight excluding hydrogens is 174 g/mol. The molecule has 78 valence electrons. The van der Waals surface area contributed by atoms with E-state index >= 15 is 0 Å². The number of allylic oxidation sites excluding steroid dienone is 1. The monoisotopic (exact) mass is 199 g/mol. The zero-order chi connectivity index (χ0) is 10.3. The average Bonchev–Trinajstić information content (AvgIpc) is 2.02. The second-order valence-corrected chi connectivity index (χ2v) is 9.35. The highest BCUT2D eigenvalue weighted by molar-refractivity contribution is 6.82. The summed E-state index contributed by atoms with van der Waals surface area (Å²) in [5.41, 5.74) is 2.44. The summed E-state index contributed by atoms with van der Waals surface area (Å²) in [4.78, 5) is 2.44. The molecule has 0 spiro atoms. The van der Waals surface area contributed by atoms with Crippen molar-refractivity contribution in [1.82, 2.24) is 4.90 Å². The topological polar surface area (TPSA) is 3.24 Å². The first-order valence-electron chi connectivity index (χ1n) is 5.34. The summed E-state index contributed by atoms with van der Waals surface area (Å²) >= 11 is 0. The summed E-state index contributed by atoms with van der Waals surface area (Å²) in [6.07, 6.45) is 3.48. The van der Waals surface area contributed by atoms with Crippen molar-refractivity contribution in [3.05, 3.63) is 11.8 Å². The van der Waals surface area contributed by atoms with Crippen molar-refractivity contribution in [2.24, 2.45) is 0 Å². The van der Waals surface area contributed by atoms with Crippen molar-refractivity contribution in [2.45, 2.75) is 39.4 Å². The molecule has 0 unspecified atom stereocenters. The van der Waals surface area contributed by atoms with Gasteiger partial charge in [0.05, 0.1) is 8.07 Å². The van der Waals surface area contributed by atoms with E-state index in [9.17, 15) is 0 Å². The van der Waals surface area contributed by atoms with Gasteiger partial charge in [-0.25, -0.2) is 0 Å². The molecule has 0 aromatic heterocycles. The van der Waals surface area contributed by atoms with Crippen LogP contribution in [0.4, 0.5) is 0 Å². The molecule has 2 heteroatoms.